The van der Waals surface area contributed by atoms with E-state index in [4.69, 9.17) is 5.73 Å². The molecular formula is C16H28N2. The van der Waals surface area contributed by atoms with E-state index in [0.717, 1.165) is 12.5 Å². The first kappa shape index (κ1) is 15.2. The second-order valence-electron chi connectivity index (χ2n) is 5.77. The van der Waals surface area contributed by atoms with E-state index < -0.39 is 0 Å². The maximum atomic E-state index is 5.98. The summed E-state index contributed by atoms with van der Waals surface area (Å²) in [6, 6.07) is 6.99. The molecule has 0 heterocycles. The molecule has 0 aliphatic carbocycles. The number of hydrogen-bond acceptors (Lipinski definition) is 2. The molecule has 0 amide bonds. The first-order chi connectivity index (χ1) is 8.45. The lowest BCUT2D eigenvalue weighted by Gasteiger charge is -2.29. The minimum atomic E-state index is 0.337. The zero-order valence-corrected chi connectivity index (χ0v) is 12.5. The Morgan fingerprint density at radius 1 is 1.22 bits per heavy atom. The van der Waals surface area contributed by atoms with Gasteiger partial charge in [-0.3, -0.25) is 4.90 Å². The normalized spacial score (nSPS) is 13.3. The van der Waals surface area contributed by atoms with Gasteiger partial charge in [0.25, 0.3) is 0 Å². The van der Waals surface area contributed by atoms with Crippen molar-refractivity contribution in [2.24, 2.45) is 11.7 Å². The van der Waals surface area contributed by atoms with Crippen molar-refractivity contribution in [2.45, 2.75) is 40.2 Å². The van der Waals surface area contributed by atoms with Crippen LogP contribution in [0, 0.1) is 19.8 Å². The minimum Gasteiger partial charge on any atom is -0.329 e. The molecule has 0 saturated heterocycles. The topological polar surface area (TPSA) is 29.3 Å². The van der Waals surface area contributed by atoms with Gasteiger partial charge in [-0.15, -0.1) is 0 Å². The quantitative estimate of drug-likeness (QED) is 0.837. The molecule has 0 fully saturated rings. The van der Waals surface area contributed by atoms with Gasteiger partial charge in [-0.2, -0.15) is 0 Å². The highest BCUT2D eigenvalue weighted by atomic mass is 15.1. The molecule has 0 aromatic heterocycles. The van der Waals surface area contributed by atoms with Crippen molar-refractivity contribution in [3.05, 3.63) is 34.9 Å². The van der Waals surface area contributed by atoms with Crippen LogP contribution in [0.3, 0.4) is 0 Å². The van der Waals surface area contributed by atoms with Crippen LogP contribution in [0.25, 0.3) is 0 Å². The predicted molar refractivity (Wildman–Crippen MR) is 79.8 cm³/mol. The average Bonchev–Trinajstić information content (AvgIpc) is 2.30. The van der Waals surface area contributed by atoms with Crippen LogP contribution < -0.4 is 5.73 Å². The summed E-state index contributed by atoms with van der Waals surface area (Å²) in [7, 11) is 2.18. The van der Waals surface area contributed by atoms with Crippen LogP contribution >= 0.6 is 0 Å². The van der Waals surface area contributed by atoms with Crippen LogP contribution in [0.5, 0.6) is 0 Å². The van der Waals surface area contributed by atoms with Gasteiger partial charge in [-0.05, 0) is 50.9 Å². The summed E-state index contributed by atoms with van der Waals surface area (Å²) in [5.74, 6) is 0.741. The fourth-order valence-electron chi connectivity index (χ4n) is 2.36. The van der Waals surface area contributed by atoms with Crippen molar-refractivity contribution < 1.29 is 0 Å². The highest BCUT2D eigenvalue weighted by Gasteiger charge is 2.17. The first-order valence-electron chi connectivity index (χ1n) is 6.93. The molecule has 102 valence electrons. The van der Waals surface area contributed by atoms with E-state index in [9.17, 15) is 0 Å². The van der Waals surface area contributed by atoms with E-state index in [1.165, 1.54) is 23.1 Å². The second-order valence-corrected chi connectivity index (χ2v) is 5.77. The Balaban J connectivity index is 2.81. The SMILES string of the molecule is Cc1ccc(C(CN)N(C)CCC(C)C)c(C)c1. The van der Waals surface area contributed by atoms with Crippen LogP contribution in [0.4, 0.5) is 0 Å². The Labute approximate surface area is 112 Å². The lowest BCUT2D eigenvalue weighted by Crippen LogP contribution is -2.32. The summed E-state index contributed by atoms with van der Waals surface area (Å²) < 4.78 is 0. The van der Waals surface area contributed by atoms with E-state index in [1.807, 2.05) is 0 Å². The van der Waals surface area contributed by atoms with Crippen LogP contribution in [-0.2, 0) is 0 Å². The molecule has 1 aromatic carbocycles. The van der Waals surface area contributed by atoms with Crippen LogP contribution in [0.1, 0.15) is 43.0 Å². The van der Waals surface area contributed by atoms with Crippen molar-refractivity contribution in [2.75, 3.05) is 20.1 Å². The lowest BCUT2D eigenvalue weighted by atomic mass is 9.98. The molecular weight excluding hydrogens is 220 g/mol. The van der Waals surface area contributed by atoms with Gasteiger partial charge >= 0.3 is 0 Å². The molecule has 0 bridgehead atoms. The number of nitrogens with two attached hydrogens (primary N) is 1. The number of rotatable bonds is 6. The Morgan fingerprint density at radius 2 is 1.89 bits per heavy atom. The van der Waals surface area contributed by atoms with Gasteiger partial charge in [-0.25, -0.2) is 0 Å². The molecule has 1 rings (SSSR count). The van der Waals surface area contributed by atoms with Gasteiger partial charge in [0.1, 0.15) is 0 Å². The van der Waals surface area contributed by atoms with Crippen molar-refractivity contribution in [1.29, 1.82) is 0 Å². The third kappa shape index (κ3) is 4.11. The fourth-order valence-corrected chi connectivity index (χ4v) is 2.36. The molecule has 0 saturated carbocycles. The zero-order chi connectivity index (χ0) is 13.7. The summed E-state index contributed by atoms with van der Waals surface area (Å²) in [5.41, 5.74) is 10.0. The summed E-state index contributed by atoms with van der Waals surface area (Å²) in [6.45, 7) is 10.6. The summed E-state index contributed by atoms with van der Waals surface area (Å²) in [5, 5.41) is 0. The molecule has 0 spiro atoms. The van der Waals surface area contributed by atoms with Crippen molar-refractivity contribution in [3.63, 3.8) is 0 Å². The van der Waals surface area contributed by atoms with Crippen molar-refractivity contribution in [3.8, 4) is 0 Å². The maximum Gasteiger partial charge on any atom is 0.0470 e. The standard InChI is InChI=1S/C16H28N2/c1-12(2)8-9-18(5)16(11-17)15-7-6-13(3)10-14(15)4/h6-7,10,12,16H,8-9,11,17H2,1-5H3. The molecule has 1 unspecified atom stereocenters. The Kier molecular flexibility index (Phi) is 5.83. The Bertz CT molecular complexity index is 371. The molecule has 0 aliphatic heterocycles. The molecule has 2 N–H and O–H groups in total. The third-order valence-electron chi connectivity index (χ3n) is 3.60. The van der Waals surface area contributed by atoms with Gasteiger partial charge in [0, 0.05) is 12.6 Å². The smallest absolute Gasteiger partial charge is 0.0470 e. The number of aryl methyl sites for hydroxylation is 2. The van der Waals surface area contributed by atoms with Gasteiger partial charge in [0.15, 0.2) is 0 Å². The van der Waals surface area contributed by atoms with Crippen LogP contribution in [-0.4, -0.2) is 25.0 Å². The number of benzene rings is 1. The predicted octanol–water partition coefficient (Wildman–Crippen LogP) is 3.28. The minimum absolute atomic E-state index is 0.337. The van der Waals surface area contributed by atoms with Crippen LogP contribution in [0.2, 0.25) is 0 Å². The molecule has 2 heteroatoms. The summed E-state index contributed by atoms with van der Waals surface area (Å²) in [6.07, 6.45) is 1.22. The molecule has 0 radical (unpaired) electrons. The molecule has 1 aromatic rings. The van der Waals surface area contributed by atoms with E-state index >= 15 is 0 Å². The monoisotopic (exact) mass is 248 g/mol. The largest absolute Gasteiger partial charge is 0.329 e. The highest BCUT2D eigenvalue weighted by Crippen LogP contribution is 2.23. The van der Waals surface area contributed by atoms with Gasteiger partial charge in [-0.1, -0.05) is 37.6 Å². The van der Waals surface area contributed by atoms with E-state index in [0.29, 0.717) is 12.6 Å². The van der Waals surface area contributed by atoms with E-state index in [2.05, 4.69) is 57.8 Å². The third-order valence-corrected chi connectivity index (χ3v) is 3.60. The second kappa shape index (κ2) is 6.91. The summed E-state index contributed by atoms with van der Waals surface area (Å²) in [4.78, 5) is 2.39. The van der Waals surface area contributed by atoms with Crippen molar-refractivity contribution >= 4 is 0 Å². The van der Waals surface area contributed by atoms with Gasteiger partial charge in [0.05, 0.1) is 0 Å². The number of likely N-dealkylation sites (N-methyl/N-ethyl adjacent to an activating group) is 1. The first-order valence-corrected chi connectivity index (χ1v) is 6.93. The molecule has 2 nitrogen and oxygen atoms in total. The Hall–Kier alpha value is -0.860. The number of nitrogens with zero attached hydrogens (tertiary/aromatic N) is 1. The van der Waals surface area contributed by atoms with E-state index in [1.54, 1.807) is 0 Å². The molecule has 1 atom stereocenters. The lowest BCUT2D eigenvalue weighted by molar-refractivity contribution is 0.235. The summed E-state index contributed by atoms with van der Waals surface area (Å²) >= 11 is 0. The zero-order valence-electron chi connectivity index (χ0n) is 12.5. The van der Waals surface area contributed by atoms with Gasteiger partial charge in [0.2, 0.25) is 0 Å². The van der Waals surface area contributed by atoms with Crippen molar-refractivity contribution in [1.82, 2.24) is 4.90 Å². The van der Waals surface area contributed by atoms with Gasteiger partial charge < -0.3 is 5.73 Å². The molecule has 0 aliphatic rings. The van der Waals surface area contributed by atoms with E-state index in [-0.39, 0.29) is 0 Å². The maximum absolute atomic E-state index is 5.98. The highest BCUT2D eigenvalue weighted by molar-refractivity contribution is 5.33. The Morgan fingerprint density at radius 3 is 2.39 bits per heavy atom. The molecule has 18 heavy (non-hydrogen) atoms. The number of hydrogen-bond donors (Lipinski definition) is 1. The van der Waals surface area contributed by atoms with Crippen LogP contribution in [0.15, 0.2) is 18.2 Å². The average molecular weight is 248 g/mol. The fraction of sp³-hybridized carbons (Fsp3) is 0.625.